The van der Waals surface area contributed by atoms with Crippen molar-refractivity contribution in [3.63, 3.8) is 0 Å². The van der Waals surface area contributed by atoms with Crippen LogP contribution in [0, 0.1) is 0 Å². The third kappa shape index (κ3) is 5.27. The second-order valence-corrected chi connectivity index (χ2v) is 9.09. The molecule has 0 unspecified atom stereocenters. The summed E-state index contributed by atoms with van der Waals surface area (Å²) < 4.78 is 29.1. The first-order chi connectivity index (χ1) is 13.5. The average Bonchev–Trinajstić information content (AvgIpc) is 3.22. The molecule has 3 rings (SSSR count). The lowest BCUT2D eigenvalue weighted by Gasteiger charge is -2.34. The number of ketones is 1. The van der Waals surface area contributed by atoms with Gasteiger partial charge in [-0.05, 0) is 44.5 Å². The Bertz CT molecular complexity index is 855. The molecule has 1 aliphatic rings. The summed E-state index contributed by atoms with van der Waals surface area (Å²) in [6, 6.07) is 8.14. The predicted octanol–water partition coefficient (Wildman–Crippen LogP) is 2.26. The normalized spacial score (nSPS) is 16.3. The number of Topliss-reactive ketones (excluding diaryl/α,β-unsaturated/α-hetero) is 1. The quantitative estimate of drug-likeness (QED) is 0.473. The lowest BCUT2D eigenvalue weighted by molar-refractivity contribution is 0.101. The number of aromatic nitrogens is 2. The smallest absolute Gasteiger partial charge is 0.243 e. The van der Waals surface area contributed by atoms with E-state index < -0.39 is 10.0 Å². The zero-order chi connectivity index (χ0) is 20.0. The molecule has 1 aromatic carbocycles. The average molecular weight is 405 g/mol. The molecule has 1 fully saturated rings. The van der Waals surface area contributed by atoms with E-state index in [2.05, 4.69) is 10.00 Å². The van der Waals surface area contributed by atoms with Crippen LogP contribution in [0.25, 0.3) is 0 Å². The van der Waals surface area contributed by atoms with E-state index in [1.807, 2.05) is 16.9 Å². The van der Waals surface area contributed by atoms with Crippen LogP contribution in [0.2, 0.25) is 0 Å². The fourth-order valence-electron chi connectivity index (χ4n) is 3.42. The number of benzene rings is 1. The number of carbonyl (C=O) groups excluding carboxylic acids is 1. The molecule has 1 aromatic heterocycles. The molecular weight excluding hydrogens is 376 g/mol. The molecule has 7 nitrogen and oxygen atoms in total. The molecule has 2 heterocycles. The highest BCUT2D eigenvalue weighted by molar-refractivity contribution is 7.89. The number of hydrogen-bond donors (Lipinski definition) is 0. The van der Waals surface area contributed by atoms with Crippen LogP contribution >= 0.6 is 0 Å². The zero-order valence-corrected chi connectivity index (χ0v) is 17.1. The number of unbranched alkanes of at least 4 members (excludes halogenated alkanes) is 2. The van der Waals surface area contributed by atoms with E-state index in [9.17, 15) is 13.2 Å². The number of piperazine rings is 1. The van der Waals surface area contributed by atoms with Gasteiger partial charge < -0.3 is 4.90 Å². The van der Waals surface area contributed by atoms with E-state index in [1.54, 1.807) is 22.6 Å². The first-order valence-corrected chi connectivity index (χ1v) is 11.2. The molecule has 1 aliphatic heterocycles. The second kappa shape index (κ2) is 9.45. The molecule has 28 heavy (non-hydrogen) atoms. The molecule has 0 N–H and O–H groups in total. The highest BCUT2D eigenvalue weighted by Crippen LogP contribution is 2.19. The van der Waals surface area contributed by atoms with Gasteiger partial charge >= 0.3 is 0 Å². The van der Waals surface area contributed by atoms with Crippen molar-refractivity contribution in [2.75, 3.05) is 32.7 Å². The summed E-state index contributed by atoms with van der Waals surface area (Å²) in [4.78, 5) is 13.9. The fourth-order valence-corrected chi connectivity index (χ4v) is 4.85. The minimum atomic E-state index is -3.50. The van der Waals surface area contributed by atoms with Crippen molar-refractivity contribution in [3.05, 3.63) is 48.3 Å². The van der Waals surface area contributed by atoms with Crippen LogP contribution in [-0.2, 0) is 16.6 Å². The van der Waals surface area contributed by atoms with E-state index in [4.69, 9.17) is 0 Å². The van der Waals surface area contributed by atoms with Crippen molar-refractivity contribution in [2.45, 2.75) is 37.6 Å². The van der Waals surface area contributed by atoms with E-state index in [0.717, 1.165) is 45.4 Å². The van der Waals surface area contributed by atoms with Gasteiger partial charge in [-0.3, -0.25) is 9.48 Å². The summed E-state index contributed by atoms with van der Waals surface area (Å²) in [7, 11) is -3.50. The van der Waals surface area contributed by atoms with E-state index >= 15 is 0 Å². The molecule has 0 radical (unpaired) electrons. The molecule has 0 bridgehead atoms. The van der Waals surface area contributed by atoms with Gasteiger partial charge in [0, 0.05) is 50.7 Å². The van der Waals surface area contributed by atoms with E-state index in [-0.39, 0.29) is 10.7 Å². The Labute approximate surface area is 167 Å². The van der Waals surface area contributed by atoms with Crippen LogP contribution in [-0.4, -0.2) is 65.9 Å². The van der Waals surface area contributed by atoms with Gasteiger partial charge in [0.15, 0.2) is 5.78 Å². The van der Waals surface area contributed by atoms with Crippen LogP contribution in [0.5, 0.6) is 0 Å². The molecule has 0 atom stereocenters. The van der Waals surface area contributed by atoms with Gasteiger partial charge in [-0.1, -0.05) is 18.6 Å². The molecular formula is C20H28N4O3S. The number of aryl methyl sites for hydroxylation is 1. The molecule has 152 valence electrons. The van der Waals surface area contributed by atoms with Crippen molar-refractivity contribution >= 4 is 15.8 Å². The lowest BCUT2D eigenvalue weighted by Crippen LogP contribution is -2.48. The summed E-state index contributed by atoms with van der Waals surface area (Å²) in [5.74, 6) is -0.0674. The Morgan fingerprint density at radius 3 is 2.29 bits per heavy atom. The highest BCUT2D eigenvalue weighted by Gasteiger charge is 2.28. The largest absolute Gasteiger partial charge is 0.301 e. The Hall–Kier alpha value is -2.03. The summed E-state index contributed by atoms with van der Waals surface area (Å²) in [6.07, 6.45) is 7.13. The Morgan fingerprint density at radius 1 is 1.00 bits per heavy atom. The van der Waals surface area contributed by atoms with Gasteiger partial charge in [0.2, 0.25) is 10.0 Å². The lowest BCUT2D eigenvalue weighted by atomic mass is 10.2. The molecule has 2 aromatic rings. The van der Waals surface area contributed by atoms with Crippen molar-refractivity contribution in [1.82, 2.24) is 19.0 Å². The summed E-state index contributed by atoms with van der Waals surface area (Å²) in [5.41, 5.74) is 0.524. The highest BCUT2D eigenvalue weighted by atomic mass is 32.2. The SMILES string of the molecule is CC(=O)c1ccc(S(=O)(=O)N2CCN(CCCCCn3cccn3)CC2)cc1. The number of carbonyl (C=O) groups is 1. The minimum Gasteiger partial charge on any atom is -0.301 e. The molecule has 0 spiro atoms. The van der Waals surface area contributed by atoms with Gasteiger partial charge in [0.1, 0.15) is 0 Å². The Morgan fingerprint density at radius 2 is 1.68 bits per heavy atom. The topological polar surface area (TPSA) is 75.5 Å². The zero-order valence-electron chi connectivity index (χ0n) is 16.3. The van der Waals surface area contributed by atoms with E-state index in [1.165, 1.54) is 19.1 Å². The molecule has 0 saturated carbocycles. The first kappa shape index (κ1) is 20.7. The number of nitrogens with zero attached hydrogens (tertiary/aromatic N) is 4. The Kier molecular flexibility index (Phi) is 6.98. The number of rotatable bonds is 9. The van der Waals surface area contributed by atoms with Gasteiger partial charge in [-0.15, -0.1) is 0 Å². The third-order valence-electron chi connectivity index (χ3n) is 5.15. The van der Waals surface area contributed by atoms with Crippen LogP contribution in [0.4, 0.5) is 0 Å². The number of hydrogen-bond acceptors (Lipinski definition) is 5. The van der Waals surface area contributed by atoms with Crippen LogP contribution in [0.15, 0.2) is 47.6 Å². The molecule has 8 heteroatoms. The van der Waals surface area contributed by atoms with Crippen molar-refractivity contribution in [3.8, 4) is 0 Å². The van der Waals surface area contributed by atoms with Crippen LogP contribution in [0.3, 0.4) is 0 Å². The van der Waals surface area contributed by atoms with Crippen molar-refractivity contribution in [1.29, 1.82) is 0 Å². The van der Waals surface area contributed by atoms with Gasteiger partial charge in [0.05, 0.1) is 4.90 Å². The number of sulfonamides is 1. The molecule has 1 saturated heterocycles. The monoisotopic (exact) mass is 404 g/mol. The third-order valence-corrected chi connectivity index (χ3v) is 7.06. The Balaban J connectivity index is 1.41. The standard InChI is InChI=1S/C20H28N4O3S/c1-18(25)19-6-8-20(9-7-19)28(26,27)24-16-14-22(15-17-24)11-3-2-4-12-23-13-5-10-21-23/h5-10,13H,2-4,11-12,14-17H2,1H3. The first-order valence-electron chi connectivity index (χ1n) is 9.78. The van der Waals surface area contributed by atoms with Gasteiger partial charge in [-0.25, -0.2) is 8.42 Å². The molecule has 0 amide bonds. The van der Waals surface area contributed by atoms with Crippen molar-refractivity contribution < 1.29 is 13.2 Å². The second-order valence-electron chi connectivity index (χ2n) is 7.16. The summed E-state index contributed by atoms with van der Waals surface area (Å²) in [5, 5.41) is 4.20. The maximum absolute atomic E-state index is 12.8. The minimum absolute atomic E-state index is 0.0674. The van der Waals surface area contributed by atoms with E-state index in [0.29, 0.717) is 18.7 Å². The van der Waals surface area contributed by atoms with Gasteiger partial charge in [0.25, 0.3) is 0 Å². The fraction of sp³-hybridized carbons (Fsp3) is 0.500. The maximum atomic E-state index is 12.8. The van der Waals surface area contributed by atoms with Gasteiger partial charge in [-0.2, -0.15) is 9.40 Å². The maximum Gasteiger partial charge on any atom is 0.243 e. The van der Waals surface area contributed by atoms with Crippen LogP contribution in [0.1, 0.15) is 36.5 Å². The molecule has 0 aliphatic carbocycles. The predicted molar refractivity (Wildman–Crippen MR) is 108 cm³/mol. The summed E-state index contributed by atoms with van der Waals surface area (Å²) >= 11 is 0. The van der Waals surface area contributed by atoms with Crippen molar-refractivity contribution in [2.24, 2.45) is 0 Å². The summed E-state index contributed by atoms with van der Waals surface area (Å²) in [6.45, 7) is 5.93. The van der Waals surface area contributed by atoms with Crippen LogP contribution < -0.4 is 0 Å².